The number of nitrogen functional groups attached to an aromatic ring is 1. The van der Waals surface area contributed by atoms with Crippen molar-refractivity contribution in [1.82, 2.24) is 5.32 Å². The predicted octanol–water partition coefficient (Wildman–Crippen LogP) is 1.62. The summed E-state index contributed by atoms with van der Waals surface area (Å²) in [5.74, 6) is 0.0579. The van der Waals surface area contributed by atoms with E-state index in [1.807, 2.05) is 32.0 Å². The van der Waals surface area contributed by atoms with Gasteiger partial charge in [0.2, 0.25) is 5.91 Å². The molecule has 1 amide bonds. The summed E-state index contributed by atoms with van der Waals surface area (Å²) in [7, 11) is 0. The maximum atomic E-state index is 11.9. The highest BCUT2D eigenvalue weighted by molar-refractivity contribution is 5.79. The molecule has 4 nitrogen and oxygen atoms in total. The molecule has 1 aliphatic heterocycles. The zero-order valence-corrected chi connectivity index (χ0v) is 10.9. The van der Waals surface area contributed by atoms with Gasteiger partial charge in [0.1, 0.15) is 0 Å². The molecule has 2 rings (SSSR count). The van der Waals surface area contributed by atoms with Crippen LogP contribution in [0, 0.1) is 12.8 Å². The zero-order valence-electron chi connectivity index (χ0n) is 10.9. The lowest BCUT2D eigenvalue weighted by atomic mass is 10.0. The Labute approximate surface area is 108 Å². The van der Waals surface area contributed by atoms with E-state index in [9.17, 15) is 4.79 Å². The largest absolute Gasteiger partial charge is 0.399 e. The van der Waals surface area contributed by atoms with Crippen LogP contribution in [0.15, 0.2) is 18.2 Å². The van der Waals surface area contributed by atoms with Crippen molar-refractivity contribution in [2.75, 3.05) is 12.3 Å². The molecule has 1 heterocycles. The highest BCUT2D eigenvalue weighted by atomic mass is 16.5. The first-order valence-corrected chi connectivity index (χ1v) is 6.31. The van der Waals surface area contributed by atoms with Crippen LogP contribution in [0.25, 0.3) is 0 Å². The van der Waals surface area contributed by atoms with E-state index in [0.29, 0.717) is 13.2 Å². The molecule has 0 radical (unpaired) electrons. The number of anilines is 1. The molecule has 0 saturated carbocycles. The summed E-state index contributed by atoms with van der Waals surface area (Å²) in [6.45, 7) is 5.02. The van der Waals surface area contributed by atoms with E-state index in [2.05, 4.69) is 5.32 Å². The molecule has 1 aromatic rings. The first kappa shape index (κ1) is 12.9. The van der Waals surface area contributed by atoms with E-state index in [1.54, 1.807) is 0 Å². The fourth-order valence-electron chi connectivity index (χ4n) is 2.22. The fourth-order valence-corrected chi connectivity index (χ4v) is 2.22. The number of hydrogen-bond acceptors (Lipinski definition) is 3. The minimum absolute atomic E-state index is 0.0126. The number of carbonyl (C=O) groups is 1. The number of rotatable bonds is 3. The molecule has 1 aromatic carbocycles. The first-order chi connectivity index (χ1) is 8.58. The monoisotopic (exact) mass is 248 g/mol. The summed E-state index contributed by atoms with van der Waals surface area (Å²) >= 11 is 0. The number of nitrogens with two attached hydrogens (primary N) is 1. The van der Waals surface area contributed by atoms with E-state index in [1.165, 1.54) is 0 Å². The predicted molar refractivity (Wildman–Crippen MR) is 71.0 cm³/mol. The molecule has 2 atom stereocenters. The van der Waals surface area contributed by atoms with Crippen LogP contribution in [0.5, 0.6) is 0 Å². The van der Waals surface area contributed by atoms with Crippen molar-refractivity contribution in [3.63, 3.8) is 0 Å². The van der Waals surface area contributed by atoms with Crippen LogP contribution in [0.1, 0.15) is 24.5 Å². The third kappa shape index (κ3) is 2.82. The average Bonchev–Trinajstić information content (AvgIpc) is 2.77. The lowest BCUT2D eigenvalue weighted by Crippen LogP contribution is -2.30. The third-order valence-electron chi connectivity index (χ3n) is 3.51. The summed E-state index contributed by atoms with van der Waals surface area (Å²) in [5, 5.41) is 2.96. The molecule has 3 N–H and O–H groups in total. The van der Waals surface area contributed by atoms with Crippen LogP contribution in [0.4, 0.5) is 5.69 Å². The highest BCUT2D eigenvalue weighted by Gasteiger charge is 2.27. The van der Waals surface area contributed by atoms with Gasteiger partial charge < -0.3 is 15.8 Å². The third-order valence-corrected chi connectivity index (χ3v) is 3.51. The molecule has 4 heteroatoms. The fraction of sp³-hybridized carbons (Fsp3) is 0.500. The Bertz CT molecular complexity index is 445. The average molecular weight is 248 g/mol. The van der Waals surface area contributed by atoms with Crippen molar-refractivity contribution in [3.05, 3.63) is 29.3 Å². The van der Waals surface area contributed by atoms with Gasteiger partial charge in [0.05, 0.1) is 18.6 Å². The molecule has 0 bridgehead atoms. The Morgan fingerprint density at radius 3 is 3.00 bits per heavy atom. The van der Waals surface area contributed by atoms with Gasteiger partial charge in [0.25, 0.3) is 0 Å². The summed E-state index contributed by atoms with van der Waals surface area (Å²) in [4.78, 5) is 11.9. The Morgan fingerprint density at radius 1 is 1.56 bits per heavy atom. The second-order valence-electron chi connectivity index (χ2n) is 4.93. The molecule has 0 aliphatic carbocycles. The normalized spacial score (nSPS) is 23.0. The van der Waals surface area contributed by atoms with Gasteiger partial charge in [0.15, 0.2) is 0 Å². The van der Waals surface area contributed by atoms with Crippen LogP contribution >= 0.6 is 0 Å². The molecule has 0 spiro atoms. The van der Waals surface area contributed by atoms with E-state index < -0.39 is 0 Å². The van der Waals surface area contributed by atoms with Gasteiger partial charge in [-0.05, 0) is 37.5 Å². The second kappa shape index (κ2) is 5.40. The summed E-state index contributed by atoms with van der Waals surface area (Å²) in [5.41, 5.74) is 8.70. The maximum absolute atomic E-state index is 11.9. The molecule has 1 fully saturated rings. The summed E-state index contributed by atoms with van der Waals surface area (Å²) in [6.07, 6.45) is 0.997. The van der Waals surface area contributed by atoms with E-state index in [4.69, 9.17) is 10.5 Å². The minimum atomic E-state index is -0.0126. The molecule has 2 unspecified atom stereocenters. The van der Waals surface area contributed by atoms with Gasteiger partial charge >= 0.3 is 0 Å². The number of hydrogen-bond donors (Lipinski definition) is 2. The van der Waals surface area contributed by atoms with Gasteiger partial charge in [0, 0.05) is 12.2 Å². The number of ether oxygens (including phenoxy) is 1. The molecular weight excluding hydrogens is 228 g/mol. The van der Waals surface area contributed by atoms with Gasteiger partial charge in [-0.15, -0.1) is 0 Å². The van der Waals surface area contributed by atoms with Gasteiger partial charge in [-0.25, -0.2) is 0 Å². The molecule has 98 valence electrons. The van der Waals surface area contributed by atoms with Gasteiger partial charge in [-0.2, -0.15) is 0 Å². The van der Waals surface area contributed by atoms with Crippen LogP contribution in [-0.4, -0.2) is 18.6 Å². The van der Waals surface area contributed by atoms with Crippen LogP contribution in [-0.2, 0) is 16.1 Å². The highest BCUT2D eigenvalue weighted by Crippen LogP contribution is 2.20. The van der Waals surface area contributed by atoms with Crippen molar-refractivity contribution in [3.8, 4) is 0 Å². The van der Waals surface area contributed by atoms with E-state index >= 15 is 0 Å². The van der Waals surface area contributed by atoms with Crippen LogP contribution in [0.3, 0.4) is 0 Å². The molecular formula is C14H20N2O2. The van der Waals surface area contributed by atoms with Crippen molar-refractivity contribution in [1.29, 1.82) is 0 Å². The van der Waals surface area contributed by atoms with Crippen molar-refractivity contribution < 1.29 is 9.53 Å². The topological polar surface area (TPSA) is 64.3 Å². The Morgan fingerprint density at radius 2 is 2.33 bits per heavy atom. The lowest BCUT2D eigenvalue weighted by Gasteiger charge is -2.12. The SMILES string of the molecule is Cc1c(N)cccc1CNC(=O)C1COC(C)C1. The Hall–Kier alpha value is -1.55. The zero-order chi connectivity index (χ0) is 13.1. The van der Waals surface area contributed by atoms with Crippen molar-refractivity contribution >= 4 is 11.6 Å². The maximum Gasteiger partial charge on any atom is 0.225 e. The Balaban J connectivity index is 1.91. The quantitative estimate of drug-likeness (QED) is 0.799. The smallest absolute Gasteiger partial charge is 0.225 e. The summed E-state index contributed by atoms with van der Waals surface area (Å²) in [6, 6.07) is 5.76. The molecule has 0 aromatic heterocycles. The van der Waals surface area contributed by atoms with Crippen molar-refractivity contribution in [2.45, 2.75) is 32.9 Å². The van der Waals surface area contributed by atoms with Crippen molar-refractivity contribution in [2.24, 2.45) is 5.92 Å². The number of benzene rings is 1. The number of amides is 1. The van der Waals surface area contributed by atoms with Crippen LogP contribution in [0.2, 0.25) is 0 Å². The Kier molecular flexibility index (Phi) is 3.87. The molecule has 18 heavy (non-hydrogen) atoms. The first-order valence-electron chi connectivity index (χ1n) is 6.31. The van der Waals surface area contributed by atoms with E-state index in [-0.39, 0.29) is 17.9 Å². The minimum Gasteiger partial charge on any atom is -0.399 e. The van der Waals surface area contributed by atoms with Gasteiger partial charge in [-0.1, -0.05) is 12.1 Å². The van der Waals surface area contributed by atoms with E-state index in [0.717, 1.165) is 23.2 Å². The van der Waals surface area contributed by atoms with Crippen LogP contribution < -0.4 is 11.1 Å². The number of carbonyl (C=O) groups excluding carboxylic acids is 1. The lowest BCUT2D eigenvalue weighted by molar-refractivity contribution is -0.125. The molecule has 1 saturated heterocycles. The molecule has 1 aliphatic rings. The number of nitrogens with one attached hydrogen (secondary N) is 1. The summed E-state index contributed by atoms with van der Waals surface area (Å²) < 4.78 is 5.40. The second-order valence-corrected chi connectivity index (χ2v) is 4.93. The van der Waals surface area contributed by atoms with Gasteiger partial charge in [-0.3, -0.25) is 4.79 Å². The standard InChI is InChI=1S/C14H20N2O2/c1-9-6-12(8-18-9)14(17)16-7-11-4-3-5-13(15)10(11)2/h3-5,9,12H,6-8,15H2,1-2H3,(H,16,17).